The lowest BCUT2D eigenvalue weighted by atomic mass is 10.2. The van der Waals surface area contributed by atoms with Gasteiger partial charge in [0.2, 0.25) is 5.91 Å². The zero-order chi connectivity index (χ0) is 22.4. The van der Waals surface area contributed by atoms with Gasteiger partial charge in [-0.3, -0.25) is 9.10 Å². The molecule has 6 nitrogen and oxygen atoms in total. The van der Waals surface area contributed by atoms with Crippen LogP contribution in [0.15, 0.2) is 77.7 Å². The van der Waals surface area contributed by atoms with Crippen LogP contribution in [-0.4, -0.2) is 28.0 Å². The Balaban J connectivity index is 1.91. The molecule has 9 heteroatoms. The van der Waals surface area contributed by atoms with Crippen molar-refractivity contribution in [2.24, 2.45) is 0 Å². The van der Waals surface area contributed by atoms with Crippen LogP contribution < -0.4 is 9.62 Å². The SMILES string of the molecule is COCc1cccc(NC(=O)CN(c2cccc(Cl)c2)S(=O)(=O)c2ccc(Cl)cc2)c1. The predicted molar refractivity (Wildman–Crippen MR) is 123 cm³/mol. The molecule has 0 aromatic heterocycles. The number of anilines is 2. The minimum atomic E-state index is -4.06. The Kier molecular flexibility index (Phi) is 7.56. The highest BCUT2D eigenvalue weighted by atomic mass is 35.5. The number of rotatable bonds is 8. The lowest BCUT2D eigenvalue weighted by molar-refractivity contribution is -0.114. The zero-order valence-electron chi connectivity index (χ0n) is 16.6. The number of nitrogens with zero attached hydrogens (tertiary/aromatic N) is 1. The van der Waals surface area contributed by atoms with E-state index < -0.39 is 22.5 Å². The number of methoxy groups -OCH3 is 1. The summed E-state index contributed by atoms with van der Waals surface area (Å²) in [7, 11) is -2.48. The molecule has 0 unspecified atom stereocenters. The molecule has 0 saturated heterocycles. The van der Waals surface area contributed by atoms with E-state index >= 15 is 0 Å². The highest BCUT2D eigenvalue weighted by Gasteiger charge is 2.27. The molecular weight excluding hydrogens is 459 g/mol. The molecule has 0 saturated carbocycles. The van der Waals surface area contributed by atoms with E-state index in [0.29, 0.717) is 22.3 Å². The van der Waals surface area contributed by atoms with Gasteiger partial charge >= 0.3 is 0 Å². The summed E-state index contributed by atoms with van der Waals surface area (Å²) >= 11 is 12.0. The first-order chi connectivity index (χ1) is 14.8. The standard InChI is InChI=1S/C22H20Cl2N2O4S/c1-30-15-16-4-2-6-19(12-16)25-22(27)14-26(20-7-3-5-18(24)13-20)31(28,29)21-10-8-17(23)9-11-21/h2-13H,14-15H2,1H3,(H,25,27). The number of halogens is 2. The van der Waals surface area contributed by atoms with Gasteiger partial charge < -0.3 is 10.1 Å². The summed E-state index contributed by atoms with van der Waals surface area (Å²) < 4.78 is 32.8. The third-order valence-electron chi connectivity index (χ3n) is 4.31. The van der Waals surface area contributed by atoms with Crippen molar-refractivity contribution in [3.8, 4) is 0 Å². The second kappa shape index (κ2) is 10.2. The summed E-state index contributed by atoms with van der Waals surface area (Å²) in [6, 6.07) is 19.2. The van der Waals surface area contributed by atoms with Crippen LogP contribution in [0, 0.1) is 0 Å². The van der Waals surface area contributed by atoms with Crippen molar-refractivity contribution in [3.63, 3.8) is 0 Å². The fourth-order valence-electron chi connectivity index (χ4n) is 2.92. The van der Waals surface area contributed by atoms with Gasteiger partial charge in [0.15, 0.2) is 0 Å². The molecule has 3 aromatic carbocycles. The van der Waals surface area contributed by atoms with Crippen molar-refractivity contribution in [3.05, 3.63) is 88.4 Å². The number of amides is 1. The van der Waals surface area contributed by atoms with E-state index in [2.05, 4.69) is 5.32 Å². The molecule has 1 amide bonds. The van der Waals surface area contributed by atoms with Gasteiger partial charge in [0.25, 0.3) is 10.0 Å². The fourth-order valence-corrected chi connectivity index (χ4v) is 4.64. The monoisotopic (exact) mass is 478 g/mol. The van der Waals surface area contributed by atoms with Crippen LogP contribution in [0.25, 0.3) is 0 Å². The van der Waals surface area contributed by atoms with Crippen LogP contribution in [-0.2, 0) is 26.2 Å². The summed E-state index contributed by atoms with van der Waals surface area (Å²) in [6.07, 6.45) is 0. The molecule has 0 spiro atoms. The highest BCUT2D eigenvalue weighted by molar-refractivity contribution is 7.92. The van der Waals surface area contributed by atoms with E-state index in [4.69, 9.17) is 27.9 Å². The van der Waals surface area contributed by atoms with Gasteiger partial charge in [-0.15, -0.1) is 0 Å². The van der Waals surface area contributed by atoms with Crippen molar-refractivity contribution < 1.29 is 17.9 Å². The minimum Gasteiger partial charge on any atom is -0.380 e. The van der Waals surface area contributed by atoms with E-state index in [1.54, 1.807) is 43.5 Å². The van der Waals surface area contributed by atoms with E-state index in [0.717, 1.165) is 9.87 Å². The van der Waals surface area contributed by atoms with Crippen molar-refractivity contribution in [1.29, 1.82) is 0 Å². The number of hydrogen-bond acceptors (Lipinski definition) is 4. The van der Waals surface area contributed by atoms with Crippen molar-refractivity contribution in [1.82, 2.24) is 0 Å². The average Bonchev–Trinajstić information content (AvgIpc) is 2.73. The molecule has 0 fully saturated rings. The van der Waals surface area contributed by atoms with E-state index in [1.165, 1.54) is 30.3 Å². The Morgan fingerprint density at radius 3 is 2.35 bits per heavy atom. The second-order valence-electron chi connectivity index (χ2n) is 6.63. The Bertz CT molecular complexity index is 1170. The number of ether oxygens (including phenoxy) is 1. The molecule has 0 aliphatic heterocycles. The second-order valence-corrected chi connectivity index (χ2v) is 9.36. The van der Waals surface area contributed by atoms with Gasteiger partial charge in [0, 0.05) is 22.8 Å². The van der Waals surface area contributed by atoms with Crippen LogP contribution in [0.4, 0.5) is 11.4 Å². The topological polar surface area (TPSA) is 75.7 Å². The number of carbonyl (C=O) groups excluding carboxylic acids is 1. The third-order valence-corrected chi connectivity index (χ3v) is 6.58. The first-order valence-corrected chi connectivity index (χ1v) is 11.4. The van der Waals surface area contributed by atoms with Gasteiger partial charge in [-0.05, 0) is 60.2 Å². The molecule has 0 radical (unpaired) electrons. The molecule has 3 aromatic rings. The molecule has 0 aliphatic rings. The zero-order valence-corrected chi connectivity index (χ0v) is 18.9. The Hall–Kier alpha value is -2.58. The molecule has 162 valence electrons. The number of benzene rings is 3. The minimum absolute atomic E-state index is 0.00627. The van der Waals surface area contributed by atoms with Crippen LogP contribution in [0.5, 0.6) is 0 Å². The maximum atomic E-state index is 13.3. The molecule has 1 N–H and O–H groups in total. The van der Waals surface area contributed by atoms with Crippen LogP contribution in [0.1, 0.15) is 5.56 Å². The van der Waals surface area contributed by atoms with Gasteiger partial charge in [-0.25, -0.2) is 8.42 Å². The Labute approximate surface area is 191 Å². The van der Waals surface area contributed by atoms with E-state index in [-0.39, 0.29) is 10.6 Å². The summed E-state index contributed by atoms with van der Waals surface area (Å²) in [5.41, 5.74) is 1.68. The van der Waals surface area contributed by atoms with E-state index in [1.807, 2.05) is 6.07 Å². The molecule has 0 aliphatic carbocycles. The van der Waals surface area contributed by atoms with Crippen molar-refractivity contribution in [2.45, 2.75) is 11.5 Å². The number of carbonyl (C=O) groups is 1. The summed E-state index contributed by atoms with van der Waals surface area (Å²) in [5, 5.41) is 3.49. The Morgan fingerprint density at radius 2 is 1.68 bits per heavy atom. The normalized spacial score (nSPS) is 11.2. The maximum absolute atomic E-state index is 13.3. The summed E-state index contributed by atoms with van der Waals surface area (Å²) in [5.74, 6) is -0.507. The van der Waals surface area contributed by atoms with Crippen molar-refractivity contribution in [2.75, 3.05) is 23.3 Å². The molecule has 3 rings (SSSR count). The first-order valence-electron chi connectivity index (χ1n) is 9.21. The number of sulfonamides is 1. The number of hydrogen-bond donors (Lipinski definition) is 1. The number of nitrogens with one attached hydrogen (secondary N) is 1. The third kappa shape index (κ3) is 5.98. The molecule has 31 heavy (non-hydrogen) atoms. The van der Waals surface area contributed by atoms with Gasteiger partial charge in [0.1, 0.15) is 6.54 Å². The smallest absolute Gasteiger partial charge is 0.264 e. The lowest BCUT2D eigenvalue weighted by Crippen LogP contribution is -2.38. The van der Waals surface area contributed by atoms with Gasteiger partial charge in [0.05, 0.1) is 17.2 Å². The maximum Gasteiger partial charge on any atom is 0.264 e. The molecule has 0 heterocycles. The quantitative estimate of drug-likeness (QED) is 0.495. The summed E-state index contributed by atoms with van der Waals surface area (Å²) in [6.45, 7) is -0.0525. The highest BCUT2D eigenvalue weighted by Crippen LogP contribution is 2.27. The van der Waals surface area contributed by atoms with Gasteiger partial charge in [-0.1, -0.05) is 41.4 Å². The van der Waals surface area contributed by atoms with Crippen LogP contribution in [0.2, 0.25) is 10.0 Å². The fraction of sp³-hybridized carbons (Fsp3) is 0.136. The lowest BCUT2D eigenvalue weighted by Gasteiger charge is -2.24. The van der Waals surface area contributed by atoms with Crippen LogP contribution >= 0.6 is 23.2 Å². The predicted octanol–water partition coefficient (Wildman–Crippen LogP) is 4.97. The Morgan fingerprint density at radius 1 is 0.968 bits per heavy atom. The van der Waals surface area contributed by atoms with Gasteiger partial charge in [-0.2, -0.15) is 0 Å². The largest absolute Gasteiger partial charge is 0.380 e. The van der Waals surface area contributed by atoms with E-state index in [9.17, 15) is 13.2 Å². The molecule has 0 atom stereocenters. The summed E-state index contributed by atoms with van der Waals surface area (Å²) in [4.78, 5) is 12.8. The average molecular weight is 479 g/mol. The molecule has 0 bridgehead atoms. The molecular formula is C22H20Cl2N2O4S. The first kappa shape index (κ1) is 23.1. The van der Waals surface area contributed by atoms with Crippen LogP contribution in [0.3, 0.4) is 0 Å². The van der Waals surface area contributed by atoms with Crippen molar-refractivity contribution >= 4 is 50.5 Å².